The Labute approximate surface area is 174 Å². The fraction of sp³-hybridized carbons (Fsp3) is 0.650. The van der Waals surface area contributed by atoms with Gasteiger partial charge < -0.3 is 10.2 Å². The maximum absolute atomic E-state index is 12.3. The lowest BCUT2D eigenvalue weighted by molar-refractivity contribution is 0.0372. The van der Waals surface area contributed by atoms with Gasteiger partial charge in [0.15, 0.2) is 5.96 Å². The smallest absolute Gasteiger partial charge is 0.193 e. The molecule has 1 aromatic carbocycles. The zero-order chi connectivity index (χ0) is 17.5. The average molecular weight is 474 g/mol. The van der Waals surface area contributed by atoms with Crippen LogP contribution in [0.15, 0.2) is 35.3 Å². The van der Waals surface area contributed by atoms with E-state index in [0.717, 1.165) is 25.6 Å². The van der Waals surface area contributed by atoms with Crippen molar-refractivity contribution in [1.29, 1.82) is 0 Å². The van der Waals surface area contributed by atoms with Gasteiger partial charge in [0.05, 0.1) is 6.67 Å². The Kier molecular flexibility index (Phi) is 9.11. The molecule has 0 saturated carbocycles. The summed E-state index contributed by atoms with van der Waals surface area (Å²) in [7, 11) is 1.83. The van der Waals surface area contributed by atoms with Crippen LogP contribution in [-0.2, 0) is 6.54 Å². The first-order valence-electron chi connectivity index (χ1n) is 9.61. The molecule has 2 unspecified atom stereocenters. The van der Waals surface area contributed by atoms with Crippen molar-refractivity contribution >= 4 is 29.9 Å². The van der Waals surface area contributed by atoms with Crippen LogP contribution in [0.1, 0.15) is 31.2 Å². The molecule has 2 heterocycles. The Hall–Kier alpha value is -0.890. The number of hydrogen-bond donors (Lipinski definition) is 1. The summed E-state index contributed by atoms with van der Waals surface area (Å²) >= 11 is 0. The van der Waals surface area contributed by atoms with E-state index in [9.17, 15) is 4.39 Å². The highest BCUT2D eigenvalue weighted by Gasteiger charge is 2.36. The predicted octanol–water partition coefficient (Wildman–Crippen LogP) is 3.53. The van der Waals surface area contributed by atoms with E-state index in [1.54, 1.807) is 0 Å². The van der Waals surface area contributed by atoms with E-state index in [4.69, 9.17) is 0 Å². The van der Waals surface area contributed by atoms with Crippen LogP contribution in [0.25, 0.3) is 0 Å². The quantitative estimate of drug-likeness (QED) is 0.307. The number of nitrogens with zero attached hydrogens (tertiary/aromatic N) is 3. The maximum atomic E-state index is 12.3. The zero-order valence-electron chi connectivity index (χ0n) is 15.7. The number of alkyl halides is 1. The second kappa shape index (κ2) is 11.1. The molecule has 6 heteroatoms. The molecular formula is C20H32FIN4. The Balaban J connectivity index is 0.00000243. The minimum absolute atomic E-state index is 0. The number of fused-ring (bicyclic) bond motifs is 1. The highest BCUT2D eigenvalue weighted by molar-refractivity contribution is 14.0. The number of hydrogen-bond acceptors (Lipinski definition) is 2. The van der Waals surface area contributed by atoms with E-state index in [1.165, 1.54) is 31.4 Å². The van der Waals surface area contributed by atoms with Crippen LogP contribution in [0.5, 0.6) is 0 Å². The number of halogens is 2. The van der Waals surface area contributed by atoms with Crippen molar-refractivity contribution in [2.75, 3.05) is 39.9 Å². The van der Waals surface area contributed by atoms with Gasteiger partial charge in [-0.25, -0.2) is 0 Å². The maximum Gasteiger partial charge on any atom is 0.193 e. The van der Waals surface area contributed by atoms with Crippen LogP contribution in [0.3, 0.4) is 0 Å². The van der Waals surface area contributed by atoms with E-state index >= 15 is 0 Å². The third-order valence-electron chi connectivity index (χ3n) is 5.52. The van der Waals surface area contributed by atoms with Gasteiger partial charge in [-0.2, -0.15) is 0 Å². The van der Waals surface area contributed by atoms with Crippen LogP contribution in [-0.4, -0.2) is 61.7 Å². The van der Waals surface area contributed by atoms with Crippen molar-refractivity contribution < 1.29 is 4.39 Å². The van der Waals surface area contributed by atoms with Gasteiger partial charge in [0, 0.05) is 39.3 Å². The first-order valence-corrected chi connectivity index (χ1v) is 9.61. The molecule has 2 atom stereocenters. The molecule has 26 heavy (non-hydrogen) atoms. The van der Waals surface area contributed by atoms with E-state index in [0.29, 0.717) is 24.9 Å². The number of aliphatic imine (C=N–C) groups is 1. The highest BCUT2D eigenvalue weighted by Crippen LogP contribution is 2.31. The summed E-state index contributed by atoms with van der Waals surface area (Å²) in [5.41, 5.74) is 1.41. The van der Waals surface area contributed by atoms with Crippen molar-refractivity contribution in [3.8, 4) is 0 Å². The van der Waals surface area contributed by atoms with Crippen molar-refractivity contribution in [2.24, 2.45) is 10.9 Å². The molecule has 4 nitrogen and oxygen atoms in total. The minimum atomic E-state index is -0.275. The molecule has 0 spiro atoms. The summed E-state index contributed by atoms with van der Waals surface area (Å²) in [6, 6.07) is 11.5. The summed E-state index contributed by atoms with van der Waals surface area (Å²) in [5, 5.41) is 3.31. The normalized spacial score (nSPS) is 23.9. The summed E-state index contributed by atoms with van der Waals surface area (Å²) in [4.78, 5) is 9.45. The lowest BCUT2D eigenvalue weighted by atomic mass is 9.83. The van der Waals surface area contributed by atoms with Gasteiger partial charge in [0.1, 0.15) is 0 Å². The molecule has 0 amide bonds. The lowest BCUT2D eigenvalue weighted by Gasteiger charge is -2.48. The Morgan fingerprint density at radius 3 is 2.77 bits per heavy atom. The molecule has 2 aliphatic rings. The molecule has 2 aliphatic heterocycles. The minimum Gasteiger partial charge on any atom is -0.356 e. The van der Waals surface area contributed by atoms with E-state index in [-0.39, 0.29) is 30.7 Å². The first kappa shape index (κ1) is 21.4. The topological polar surface area (TPSA) is 30.9 Å². The summed E-state index contributed by atoms with van der Waals surface area (Å²) in [5.74, 6) is 1.64. The Morgan fingerprint density at radius 2 is 2.04 bits per heavy atom. The average Bonchev–Trinajstić information content (AvgIpc) is 2.66. The van der Waals surface area contributed by atoms with Gasteiger partial charge in [0.25, 0.3) is 0 Å². The standard InChI is InChI=1S/C20H31FN4.HI/c1-22-20(23-12-6-11-21)25-14-10-19-18(16-25)9-5-13-24(19)15-17-7-3-2-4-8-17;/h2-4,7-8,18-19H,5-6,9-16H2,1H3,(H,22,23);1H. The molecule has 0 bridgehead atoms. The van der Waals surface area contributed by atoms with Crippen LogP contribution in [0.4, 0.5) is 4.39 Å². The summed E-state index contributed by atoms with van der Waals surface area (Å²) < 4.78 is 12.3. The molecule has 1 aromatic rings. The second-order valence-corrected chi connectivity index (χ2v) is 7.18. The lowest BCUT2D eigenvalue weighted by Crippen LogP contribution is -2.56. The molecule has 2 fully saturated rings. The fourth-order valence-electron chi connectivity index (χ4n) is 4.31. The zero-order valence-corrected chi connectivity index (χ0v) is 18.1. The Morgan fingerprint density at radius 1 is 1.23 bits per heavy atom. The molecule has 146 valence electrons. The molecule has 2 saturated heterocycles. The second-order valence-electron chi connectivity index (χ2n) is 7.18. The van der Waals surface area contributed by atoms with Crippen molar-refractivity contribution in [3.63, 3.8) is 0 Å². The molecule has 0 radical (unpaired) electrons. The predicted molar refractivity (Wildman–Crippen MR) is 117 cm³/mol. The van der Waals surface area contributed by atoms with Gasteiger partial charge in [-0.05, 0) is 43.7 Å². The van der Waals surface area contributed by atoms with Crippen LogP contribution in [0, 0.1) is 5.92 Å². The Bertz CT molecular complexity index is 554. The van der Waals surface area contributed by atoms with Crippen LogP contribution in [0.2, 0.25) is 0 Å². The third kappa shape index (κ3) is 5.55. The number of likely N-dealkylation sites (tertiary alicyclic amines) is 2. The number of benzene rings is 1. The number of rotatable bonds is 5. The SMILES string of the molecule is CN=C(NCCCF)N1CCC2C(CCCN2Cc2ccccc2)C1.I. The first-order chi connectivity index (χ1) is 12.3. The number of guanidine groups is 1. The van der Waals surface area contributed by atoms with Gasteiger partial charge in [-0.3, -0.25) is 14.3 Å². The highest BCUT2D eigenvalue weighted by atomic mass is 127. The largest absolute Gasteiger partial charge is 0.356 e. The molecule has 3 rings (SSSR count). The van der Waals surface area contributed by atoms with Crippen LogP contribution < -0.4 is 5.32 Å². The van der Waals surface area contributed by atoms with Crippen molar-refractivity contribution in [2.45, 2.75) is 38.3 Å². The van der Waals surface area contributed by atoms with Crippen molar-refractivity contribution in [3.05, 3.63) is 35.9 Å². The van der Waals surface area contributed by atoms with E-state index < -0.39 is 0 Å². The van der Waals surface area contributed by atoms with E-state index in [2.05, 4.69) is 50.4 Å². The van der Waals surface area contributed by atoms with Gasteiger partial charge in [0.2, 0.25) is 0 Å². The number of nitrogens with one attached hydrogen (secondary N) is 1. The number of piperidine rings is 2. The van der Waals surface area contributed by atoms with Gasteiger partial charge in [-0.1, -0.05) is 30.3 Å². The summed E-state index contributed by atoms with van der Waals surface area (Å²) in [6.45, 7) is 4.75. The summed E-state index contributed by atoms with van der Waals surface area (Å²) in [6.07, 6.45) is 4.30. The van der Waals surface area contributed by atoms with Crippen molar-refractivity contribution in [1.82, 2.24) is 15.1 Å². The molecule has 0 aliphatic carbocycles. The van der Waals surface area contributed by atoms with Crippen LogP contribution >= 0.6 is 24.0 Å². The van der Waals surface area contributed by atoms with Gasteiger partial charge >= 0.3 is 0 Å². The van der Waals surface area contributed by atoms with Gasteiger partial charge in [-0.15, -0.1) is 24.0 Å². The fourth-order valence-corrected chi connectivity index (χ4v) is 4.31. The van der Waals surface area contributed by atoms with E-state index in [1.807, 2.05) is 7.05 Å². The monoisotopic (exact) mass is 474 g/mol. The molecule has 1 N–H and O–H groups in total. The molecular weight excluding hydrogens is 442 g/mol. The molecule has 0 aromatic heterocycles. The third-order valence-corrected chi connectivity index (χ3v) is 5.52.